The zero-order valence-corrected chi connectivity index (χ0v) is 31.9. The molecule has 2 aromatic heterocycles. The van der Waals surface area contributed by atoms with Gasteiger partial charge in [-0.15, -0.1) is 0 Å². The Labute approximate surface area is 311 Å². The van der Waals surface area contributed by atoms with Crippen LogP contribution in [0.4, 0.5) is 10.5 Å². The fourth-order valence-electron chi connectivity index (χ4n) is 6.38. The number of allylic oxidation sites excluding steroid dienone is 1. The number of aromatic nitrogens is 2. The molecule has 6 rings (SSSR count). The predicted octanol–water partition coefficient (Wildman–Crippen LogP) is 9.90. The van der Waals surface area contributed by atoms with Gasteiger partial charge in [-0.3, -0.25) is 10.1 Å². The van der Waals surface area contributed by atoms with Gasteiger partial charge in [-0.2, -0.15) is 0 Å². The Balaban J connectivity index is 1.12. The van der Waals surface area contributed by atoms with E-state index in [9.17, 15) is 19.8 Å². The number of H-pyrrole nitrogens is 1. The van der Waals surface area contributed by atoms with Gasteiger partial charge in [0, 0.05) is 48.4 Å². The number of anilines is 1. The smallest absolute Gasteiger partial charge is 0.409 e. The van der Waals surface area contributed by atoms with E-state index < -0.39 is 14.4 Å². The van der Waals surface area contributed by atoms with Gasteiger partial charge in [0.25, 0.3) is 0 Å². The summed E-state index contributed by atoms with van der Waals surface area (Å²) >= 11 is 0. The zero-order chi connectivity index (χ0) is 37.8. The van der Waals surface area contributed by atoms with E-state index in [2.05, 4.69) is 90.6 Å². The van der Waals surface area contributed by atoms with Crippen molar-refractivity contribution in [2.24, 2.45) is 0 Å². The lowest BCUT2D eigenvalue weighted by molar-refractivity contribution is 0.181. The van der Waals surface area contributed by atoms with Gasteiger partial charge in [0.05, 0.1) is 17.3 Å². The number of carboxylic acid groups (broad SMARTS) is 1. The number of fused-ring (bicyclic) bond motifs is 2. The quantitative estimate of drug-likeness (QED) is 0.0754. The lowest BCUT2D eigenvalue weighted by atomic mass is 10.0. The topological polar surface area (TPSA) is 129 Å². The number of amides is 1. The number of aromatic amines is 1. The molecule has 0 saturated heterocycles. The van der Waals surface area contributed by atoms with E-state index in [1.165, 1.54) is 6.07 Å². The van der Waals surface area contributed by atoms with Gasteiger partial charge in [-0.25, -0.2) is 4.79 Å². The molecule has 1 atom stereocenters. The summed E-state index contributed by atoms with van der Waals surface area (Å²) in [5.74, 6) is 0.0368. The number of nitrogens with one attached hydrogen (secondary N) is 3. The van der Waals surface area contributed by atoms with Crippen molar-refractivity contribution in [1.82, 2.24) is 14.9 Å². The summed E-state index contributed by atoms with van der Waals surface area (Å²) in [4.78, 5) is 26.4. The van der Waals surface area contributed by atoms with Crippen molar-refractivity contribution >= 4 is 48.0 Å². The predicted molar refractivity (Wildman–Crippen MR) is 218 cm³/mol. The summed E-state index contributed by atoms with van der Waals surface area (Å²) in [6, 6.07) is 31.0. The molecule has 4 aromatic carbocycles. The second-order valence-corrected chi connectivity index (χ2v) is 19.7. The van der Waals surface area contributed by atoms with Gasteiger partial charge in [0.15, 0.2) is 8.32 Å². The second-order valence-electron chi connectivity index (χ2n) is 15.0. The molecule has 1 unspecified atom stereocenters. The molecule has 0 aliphatic rings. The van der Waals surface area contributed by atoms with E-state index in [-0.39, 0.29) is 22.5 Å². The van der Waals surface area contributed by atoms with Crippen LogP contribution in [-0.2, 0) is 17.5 Å². The number of rotatable bonds is 13. The average molecular weight is 729 g/mol. The number of aromatic hydroxyl groups is 1. The van der Waals surface area contributed by atoms with Crippen LogP contribution in [0.3, 0.4) is 0 Å². The number of pyridine rings is 1. The zero-order valence-electron chi connectivity index (χ0n) is 30.9. The molecule has 6 aromatic rings. The van der Waals surface area contributed by atoms with Crippen molar-refractivity contribution in [2.75, 3.05) is 11.9 Å². The van der Waals surface area contributed by atoms with Crippen molar-refractivity contribution in [3.8, 4) is 16.9 Å². The number of nitrogens with zero attached hydrogens (tertiary/aromatic N) is 1. The monoisotopic (exact) mass is 728 g/mol. The summed E-state index contributed by atoms with van der Waals surface area (Å²) in [6.07, 6.45) is 5.68. The summed E-state index contributed by atoms with van der Waals surface area (Å²) in [5.41, 5.74) is 6.66. The van der Waals surface area contributed by atoms with Crippen LogP contribution in [0.25, 0.3) is 39.0 Å². The molecule has 9 nitrogen and oxygen atoms in total. The summed E-state index contributed by atoms with van der Waals surface area (Å²) in [5, 5.41) is 28.0. The number of carbonyl (C=O) groups is 1. The van der Waals surface area contributed by atoms with Gasteiger partial charge < -0.3 is 29.5 Å². The van der Waals surface area contributed by atoms with Crippen LogP contribution in [0.5, 0.6) is 5.75 Å². The van der Waals surface area contributed by atoms with Crippen molar-refractivity contribution in [3.63, 3.8) is 0 Å². The third kappa shape index (κ3) is 8.80. The van der Waals surface area contributed by atoms with Crippen molar-refractivity contribution in [1.29, 1.82) is 0 Å². The highest BCUT2D eigenvalue weighted by Crippen LogP contribution is 2.41. The number of hydrogen-bond donors (Lipinski definition) is 5. The van der Waals surface area contributed by atoms with Crippen molar-refractivity contribution in [2.45, 2.75) is 64.5 Å². The Kier molecular flexibility index (Phi) is 11.0. The highest BCUT2D eigenvalue weighted by Gasteiger charge is 2.39. The van der Waals surface area contributed by atoms with Crippen molar-refractivity contribution in [3.05, 3.63) is 136 Å². The Morgan fingerprint density at radius 2 is 1.77 bits per heavy atom. The Morgan fingerprint density at radius 3 is 2.53 bits per heavy atom. The maximum Gasteiger partial charge on any atom is 0.409 e. The largest absolute Gasteiger partial charge is 0.506 e. The highest BCUT2D eigenvalue weighted by atomic mass is 28.4. The minimum atomic E-state index is -2.19. The van der Waals surface area contributed by atoms with E-state index in [0.717, 1.165) is 57.1 Å². The van der Waals surface area contributed by atoms with Crippen molar-refractivity contribution < 1.29 is 19.4 Å². The molecule has 10 heteroatoms. The number of aryl methyl sites for hydroxylation is 1. The SMILES string of the molecule is CC(C)(C)[Si](C)(C)OC(CNCc1ccc2c(ccn2CC/C=C/c2ccc(-c3ccccc3)c(NC(=O)O)c2)c1)c1ccc(O)c2[nH]c(=O)ccc12. The molecular weight excluding hydrogens is 681 g/mol. The maximum atomic E-state index is 12.1. The van der Waals surface area contributed by atoms with E-state index in [1.54, 1.807) is 12.1 Å². The van der Waals surface area contributed by atoms with Crippen LogP contribution in [0, 0.1) is 0 Å². The van der Waals surface area contributed by atoms with E-state index >= 15 is 0 Å². The Morgan fingerprint density at radius 1 is 0.981 bits per heavy atom. The average Bonchev–Trinajstić information content (AvgIpc) is 3.52. The molecule has 274 valence electrons. The molecule has 2 heterocycles. The first kappa shape index (κ1) is 37.3. The third-order valence-corrected chi connectivity index (χ3v) is 14.7. The fourth-order valence-corrected chi connectivity index (χ4v) is 7.65. The first-order valence-corrected chi connectivity index (χ1v) is 20.9. The van der Waals surface area contributed by atoms with Crippen LogP contribution in [-0.4, -0.2) is 40.7 Å². The van der Waals surface area contributed by atoms with E-state index in [1.807, 2.05) is 60.7 Å². The summed E-state index contributed by atoms with van der Waals surface area (Å²) < 4.78 is 9.21. The van der Waals surface area contributed by atoms with Crippen LogP contribution in [0.1, 0.15) is 50.0 Å². The van der Waals surface area contributed by atoms with E-state index in [4.69, 9.17) is 4.43 Å². The normalized spacial score (nSPS) is 12.8. The molecule has 0 aliphatic carbocycles. The van der Waals surface area contributed by atoms with Gasteiger partial charge in [0.2, 0.25) is 5.56 Å². The molecule has 0 radical (unpaired) electrons. The maximum absolute atomic E-state index is 12.1. The summed E-state index contributed by atoms with van der Waals surface area (Å²) in [6.45, 7) is 13.1. The van der Waals surface area contributed by atoms with Gasteiger partial charge in [-0.1, -0.05) is 87.5 Å². The van der Waals surface area contributed by atoms with Crippen LogP contribution >= 0.6 is 0 Å². The fraction of sp³-hybridized carbons (Fsp3) is 0.256. The standard InChI is InChI=1S/C43H48N4O5Si/c1-43(2,3)53(4,5)52-39(34-17-20-38(48)41-35(34)18-21-40(49)46-41)28-44-27-30-15-19-37-32(25-30)22-24-47(37)23-10-9-11-29-14-16-33(31-12-7-6-8-13-31)36(26-29)45-42(50)51/h6-9,11-22,24-26,39,44-45,48H,10,23,27-28H2,1-5H3,(H,46,49)(H,50,51)/b11-9+. The molecule has 0 fully saturated rings. The molecule has 0 bridgehead atoms. The minimum absolute atomic E-state index is 0.00261. The van der Waals surface area contributed by atoms with Gasteiger partial charge in [0.1, 0.15) is 5.75 Å². The lowest BCUT2D eigenvalue weighted by Gasteiger charge is -2.39. The molecule has 5 N–H and O–H groups in total. The molecule has 0 saturated carbocycles. The number of phenolic OH excluding ortho intramolecular Hbond substituents is 1. The molecule has 0 aliphatic heterocycles. The highest BCUT2D eigenvalue weighted by molar-refractivity contribution is 6.74. The van der Waals surface area contributed by atoms with E-state index in [0.29, 0.717) is 24.3 Å². The second kappa shape index (κ2) is 15.7. The first-order chi connectivity index (χ1) is 25.3. The first-order valence-electron chi connectivity index (χ1n) is 18.0. The lowest BCUT2D eigenvalue weighted by Crippen LogP contribution is -2.43. The summed E-state index contributed by atoms with van der Waals surface area (Å²) in [7, 11) is -2.19. The number of hydrogen-bond acceptors (Lipinski definition) is 5. The van der Waals surface area contributed by atoms with Gasteiger partial charge in [-0.05, 0) is 88.6 Å². The van der Waals surface area contributed by atoms with Crippen LogP contribution < -0.4 is 16.2 Å². The van der Waals surface area contributed by atoms with Gasteiger partial charge >= 0.3 is 6.09 Å². The molecule has 1 amide bonds. The van der Waals surface area contributed by atoms with Crippen LogP contribution in [0.2, 0.25) is 18.1 Å². The third-order valence-electron chi connectivity index (χ3n) is 10.2. The molecule has 0 spiro atoms. The Bertz CT molecular complexity index is 2320. The molecular formula is C43H48N4O5Si. The Hall–Kier alpha value is -5.42. The van der Waals surface area contributed by atoms with Crippen LogP contribution in [0.15, 0.2) is 114 Å². The number of phenols is 1. The molecule has 53 heavy (non-hydrogen) atoms. The minimum Gasteiger partial charge on any atom is -0.506 e. The number of benzene rings is 4.